The zero-order valence-corrected chi connectivity index (χ0v) is 11.3. The second-order valence-electron chi connectivity index (χ2n) is 4.61. The summed E-state index contributed by atoms with van der Waals surface area (Å²) in [6.07, 6.45) is 7.61. The standard InChI is InChI=1S/C12H19N3O2S/c1-13-11-6-7-14-9-12(11)18(16,17)15-8-5-10-3-2-4-10/h6-7,9-10,15H,2-5,8H2,1H3,(H,13,14). The van der Waals surface area contributed by atoms with Gasteiger partial charge in [0.05, 0.1) is 5.69 Å². The first kappa shape index (κ1) is 13.3. The van der Waals surface area contributed by atoms with Crippen LogP contribution in [0.1, 0.15) is 25.7 Å². The molecule has 2 rings (SSSR count). The van der Waals surface area contributed by atoms with Crippen LogP contribution in [0.4, 0.5) is 5.69 Å². The van der Waals surface area contributed by atoms with Gasteiger partial charge in [-0.3, -0.25) is 4.98 Å². The van der Waals surface area contributed by atoms with Gasteiger partial charge in [0.15, 0.2) is 0 Å². The van der Waals surface area contributed by atoms with Crippen molar-refractivity contribution >= 4 is 15.7 Å². The van der Waals surface area contributed by atoms with Crippen molar-refractivity contribution in [3.63, 3.8) is 0 Å². The summed E-state index contributed by atoms with van der Waals surface area (Å²) in [6, 6.07) is 1.65. The van der Waals surface area contributed by atoms with Gasteiger partial charge < -0.3 is 5.32 Å². The minimum atomic E-state index is -3.46. The lowest BCUT2D eigenvalue weighted by atomic mass is 9.83. The summed E-state index contributed by atoms with van der Waals surface area (Å²) in [4.78, 5) is 4.08. The minimum Gasteiger partial charge on any atom is -0.387 e. The molecule has 1 fully saturated rings. The van der Waals surface area contributed by atoms with Crippen molar-refractivity contribution in [3.05, 3.63) is 18.5 Å². The minimum absolute atomic E-state index is 0.209. The highest BCUT2D eigenvalue weighted by Crippen LogP contribution is 2.29. The number of sulfonamides is 1. The van der Waals surface area contributed by atoms with Crippen LogP contribution in [-0.2, 0) is 10.0 Å². The highest BCUT2D eigenvalue weighted by atomic mass is 32.2. The second kappa shape index (κ2) is 5.67. The number of nitrogens with zero attached hydrogens (tertiary/aromatic N) is 1. The van der Waals surface area contributed by atoms with Crippen LogP contribution in [0.3, 0.4) is 0 Å². The fourth-order valence-corrected chi connectivity index (χ4v) is 3.26. The molecular formula is C12H19N3O2S. The number of hydrogen-bond donors (Lipinski definition) is 2. The molecule has 0 radical (unpaired) electrons. The van der Waals surface area contributed by atoms with E-state index in [1.54, 1.807) is 19.3 Å². The van der Waals surface area contributed by atoms with Crippen molar-refractivity contribution in [2.75, 3.05) is 18.9 Å². The Balaban J connectivity index is 2.00. The highest BCUT2D eigenvalue weighted by molar-refractivity contribution is 7.89. The molecule has 1 aromatic rings. The van der Waals surface area contributed by atoms with E-state index >= 15 is 0 Å². The molecule has 2 N–H and O–H groups in total. The van der Waals surface area contributed by atoms with Crippen LogP contribution in [0.25, 0.3) is 0 Å². The SMILES string of the molecule is CNc1ccncc1S(=O)(=O)NCCC1CCC1. The Morgan fingerprint density at radius 2 is 2.22 bits per heavy atom. The first-order valence-corrected chi connectivity index (χ1v) is 7.73. The first-order chi connectivity index (χ1) is 8.63. The quantitative estimate of drug-likeness (QED) is 0.822. The normalized spacial score (nSPS) is 16.3. The van der Waals surface area contributed by atoms with Crippen LogP contribution >= 0.6 is 0 Å². The fourth-order valence-electron chi connectivity index (χ4n) is 2.06. The van der Waals surface area contributed by atoms with E-state index < -0.39 is 10.0 Å². The number of hydrogen-bond acceptors (Lipinski definition) is 4. The predicted octanol–water partition coefficient (Wildman–Crippen LogP) is 1.59. The van der Waals surface area contributed by atoms with Gasteiger partial charge in [0, 0.05) is 26.0 Å². The summed E-state index contributed by atoms with van der Waals surface area (Å²) >= 11 is 0. The van der Waals surface area contributed by atoms with E-state index in [0.29, 0.717) is 18.2 Å². The Bertz CT molecular complexity index is 498. The summed E-state index contributed by atoms with van der Waals surface area (Å²) in [6.45, 7) is 0.505. The number of aromatic nitrogens is 1. The first-order valence-electron chi connectivity index (χ1n) is 6.25. The van der Waals surface area contributed by atoms with Gasteiger partial charge in [0.1, 0.15) is 4.90 Å². The summed E-state index contributed by atoms with van der Waals surface area (Å²) in [5.41, 5.74) is 0.571. The molecule has 0 spiro atoms. The maximum absolute atomic E-state index is 12.1. The van der Waals surface area contributed by atoms with Crippen molar-refractivity contribution in [1.82, 2.24) is 9.71 Å². The molecule has 0 unspecified atom stereocenters. The van der Waals surface area contributed by atoms with Crippen LogP contribution in [0.5, 0.6) is 0 Å². The highest BCUT2D eigenvalue weighted by Gasteiger charge is 2.20. The summed E-state index contributed by atoms with van der Waals surface area (Å²) in [5.74, 6) is 0.699. The number of anilines is 1. The Hall–Kier alpha value is -1.14. The van der Waals surface area contributed by atoms with Gasteiger partial charge >= 0.3 is 0 Å². The maximum atomic E-state index is 12.1. The number of nitrogens with one attached hydrogen (secondary N) is 2. The van der Waals surface area contributed by atoms with E-state index in [1.165, 1.54) is 25.5 Å². The molecule has 0 aromatic carbocycles. The molecule has 0 atom stereocenters. The van der Waals surface area contributed by atoms with Crippen LogP contribution in [0, 0.1) is 5.92 Å². The third-order valence-electron chi connectivity index (χ3n) is 3.41. The van der Waals surface area contributed by atoms with E-state index in [9.17, 15) is 8.42 Å². The van der Waals surface area contributed by atoms with E-state index in [0.717, 1.165) is 6.42 Å². The molecule has 1 heterocycles. The van der Waals surface area contributed by atoms with E-state index in [-0.39, 0.29) is 4.90 Å². The molecule has 18 heavy (non-hydrogen) atoms. The van der Waals surface area contributed by atoms with Crippen molar-refractivity contribution in [2.45, 2.75) is 30.6 Å². The van der Waals surface area contributed by atoms with E-state index in [4.69, 9.17) is 0 Å². The van der Waals surface area contributed by atoms with Crippen LogP contribution in [0.2, 0.25) is 0 Å². The lowest BCUT2D eigenvalue weighted by Gasteiger charge is -2.25. The zero-order valence-electron chi connectivity index (χ0n) is 10.5. The van der Waals surface area contributed by atoms with Gasteiger partial charge in [-0.2, -0.15) is 0 Å². The monoisotopic (exact) mass is 269 g/mol. The van der Waals surface area contributed by atoms with Crippen molar-refractivity contribution in [3.8, 4) is 0 Å². The number of rotatable bonds is 6. The zero-order chi connectivity index (χ0) is 13.0. The molecule has 1 saturated carbocycles. The van der Waals surface area contributed by atoms with Crippen molar-refractivity contribution < 1.29 is 8.42 Å². The summed E-state index contributed by atoms with van der Waals surface area (Å²) < 4.78 is 26.9. The smallest absolute Gasteiger partial charge is 0.244 e. The lowest BCUT2D eigenvalue weighted by Crippen LogP contribution is -2.28. The van der Waals surface area contributed by atoms with Gasteiger partial charge in [-0.15, -0.1) is 0 Å². The average molecular weight is 269 g/mol. The third-order valence-corrected chi connectivity index (χ3v) is 4.90. The Kier molecular flexibility index (Phi) is 4.19. The predicted molar refractivity (Wildman–Crippen MR) is 70.9 cm³/mol. The Labute approximate surface area is 108 Å². The molecular weight excluding hydrogens is 250 g/mol. The number of pyridine rings is 1. The molecule has 0 saturated heterocycles. The van der Waals surface area contributed by atoms with Gasteiger partial charge in [0.25, 0.3) is 0 Å². The third kappa shape index (κ3) is 3.00. The van der Waals surface area contributed by atoms with E-state index in [2.05, 4.69) is 15.0 Å². The molecule has 5 nitrogen and oxygen atoms in total. The second-order valence-corrected chi connectivity index (χ2v) is 6.34. The Morgan fingerprint density at radius 3 is 2.83 bits per heavy atom. The molecule has 1 aliphatic rings. The van der Waals surface area contributed by atoms with Crippen molar-refractivity contribution in [1.29, 1.82) is 0 Å². The van der Waals surface area contributed by atoms with Gasteiger partial charge in [-0.05, 0) is 18.4 Å². The molecule has 0 aliphatic heterocycles. The molecule has 1 aromatic heterocycles. The van der Waals surface area contributed by atoms with E-state index in [1.807, 2.05) is 0 Å². The van der Waals surface area contributed by atoms with Crippen LogP contribution in [0.15, 0.2) is 23.4 Å². The maximum Gasteiger partial charge on any atom is 0.244 e. The fraction of sp³-hybridized carbons (Fsp3) is 0.583. The largest absolute Gasteiger partial charge is 0.387 e. The molecule has 6 heteroatoms. The molecule has 1 aliphatic carbocycles. The van der Waals surface area contributed by atoms with Crippen molar-refractivity contribution in [2.24, 2.45) is 5.92 Å². The molecule has 0 amide bonds. The lowest BCUT2D eigenvalue weighted by molar-refractivity contribution is 0.297. The van der Waals surface area contributed by atoms with Crippen LogP contribution in [-0.4, -0.2) is 27.0 Å². The summed E-state index contributed by atoms with van der Waals surface area (Å²) in [7, 11) is -1.76. The average Bonchev–Trinajstić information content (AvgIpc) is 2.32. The topological polar surface area (TPSA) is 71.1 Å². The van der Waals surface area contributed by atoms with Gasteiger partial charge in [-0.1, -0.05) is 19.3 Å². The molecule has 0 bridgehead atoms. The Morgan fingerprint density at radius 1 is 1.44 bits per heavy atom. The summed E-state index contributed by atoms with van der Waals surface area (Å²) in [5, 5.41) is 2.86. The van der Waals surface area contributed by atoms with Crippen LogP contribution < -0.4 is 10.0 Å². The van der Waals surface area contributed by atoms with Gasteiger partial charge in [-0.25, -0.2) is 13.1 Å². The molecule has 100 valence electrons. The van der Waals surface area contributed by atoms with Gasteiger partial charge in [0.2, 0.25) is 10.0 Å².